The fourth-order valence-corrected chi connectivity index (χ4v) is 3.17. The van der Waals surface area contributed by atoms with Gasteiger partial charge in [0, 0.05) is 0 Å². The fourth-order valence-electron chi connectivity index (χ4n) is 3.17. The molecule has 0 saturated carbocycles. The summed E-state index contributed by atoms with van der Waals surface area (Å²) in [4.78, 5) is 7.70. The van der Waals surface area contributed by atoms with Crippen LogP contribution in [-0.4, -0.2) is 16.6 Å². The van der Waals surface area contributed by atoms with Crippen molar-refractivity contribution in [2.45, 2.75) is 12.8 Å². The van der Waals surface area contributed by atoms with Crippen molar-refractivity contribution in [1.82, 2.24) is 9.97 Å². The Balaban J connectivity index is 1.38. The van der Waals surface area contributed by atoms with E-state index in [1.165, 1.54) is 5.56 Å². The molecule has 1 heterocycles. The highest BCUT2D eigenvalue weighted by Gasteiger charge is 2.07. The summed E-state index contributed by atoms with van der Waals surface area (Å²) in [5.41, 5.74) is 4.52. The number of hydrogen-bond donors (Lipinski definition) is 1. The number of rotatable bonds is 7. The summed E-state index contributed by atoms with van der Waals surface area (Å²) in [7, 11) is 0. The number of aromatic amines is 1. The molecule has 0 spiro atoms. The smallest absolute Gasteiger partial charge is 0.149 e. The lowest BCUT2D eigenvalue weighted by atomic mass is 10.1. The number of para-hydroxylation sites is 2. The molecule has 4 heteroatoms. The number of ether oxygens (including phenoxy) is 1. The van der Waals surface area contributed by atoms with E-state index in [1.807, 2.05) is 60.7 Å². The third kappa shape index (κ3) is 4.72. The Kier molecular flexibility index (Phi) is 5.68. The number of nitrogens with zero attached hydrogens (tertiary/aromatic N) is 2. The normalized spacial score (nSPS) is 11.3. The van der Waals surface area contributed by atoms with Crippen LogP contribution in [0.2, 0.25) is 0 Å². The van der Waals surface area contributed by atoms with Gasteiger partial charge in [0.15, 0.2) is 0 Å². The van der Waals surface area contributed by atoms with Crippen LogP contribution in [-0.2, 0) is 6.42 Å². The fraction of sp³-hybridized carbons (Fsp3) is 0.120. The van der Waals surface area contributed by atoms with Gasteiger partial charge in [0.1, 0.15) is 17.6 Å². The van der Waals surface area contributed by atoms with Crippen molar-refractivity contribution >= 4 is 22.7 Å². The van der Waals surface area contributed by atoms with Crippen LogP contribution < -0.4 is 4.74 Å². The minimum Gasteiger partial charge on any atom is -0.494 e. The van der Waals surface area contributed by atoms with E-state index in [1.54, 1.807) is 0 Å². The number of aryl methyl sites for hydroxylation is 1. The molecule has 0 radical (unpaired) electrons. The molecule has 4 nitrogen and oxygen atoms in total. The lowest BCUT2D eigenvalue weighted by Crippen LogP contribution is -1.99. The van der Waals surface area contributed by atoms with Crippen molar-refractivity contribution in [2.24, 2.45) is 0 Å². The van der Waals surface area contributed by atoms with E-state index in [9.17, 15) is 5.26 Å². The molecule has 0 unspecified atom stereocenters. The molecule has 0 aliphatic heterocycles. The molecule has 29 heavy (non-hydrogen) atoms. The molecule has 0 amide bonds. The van der Waals surface area contributed by atoms with Crippen LogP contribution in [0.25, 0.3) is 22.7 Å². The maximum absolute atomic E-state index is 9.55. The summed E-state index contributed by atoms with van der Waals surface area (Å²) in [6, 6.07) is 28.2. The zero-order chi connectivity index (χ0) is 19.9. The van der Waals surface area contributed by atoms with Gasteiger partial charge in [-0.3, -0.25) is 0 Å². The highest BCUT2D eigenvalue weighted by Crippen LogP contribution is 2.20. The summed E-state index contributed by atoms with van der Waals surface area (Å²) < 4.78 is 5.83. The maximum Gasteiger partial charge on any atom is 0.149 e. The second-order valence-corrected chi connectivity index (χ2v) is 6.78. The minimum atomic E-state index is 0.498. The minimum absolute atomic E-state index is 0.498. The van der Waals surface area contributed by atoms with Gasteiger partial charge in [-0.1, -0.05) is 54.6 Å². The van der Waals surface area contributed by atoms with Crippen LogP contribution in [0, 0.1) is 11.3 Å². The van der Waals surface area contributed by atoms with Gasteiger partial charge in [-0.2, -0.15) is 5.26 Å². The number of imidazole rings is 1. The first-order valence-corrected chi connectivity index (χ1v) is 9.65. The van der Waals surface area contributed by atoms with E-state index in [0.717, 1.165) is 35.2 Å². The van der Waals surface area contributed by atoms with Crippen LogP contribution in [0.1, 0.15) is 23.4 Å². The Morgan fingerprint density at radius 1 is 0.966 bits per heavy atom. The van der Waals surface area contributed by atoms with Gasteiger partial charge in [0.05, 0.1) is 23.2 Å². The predicted octanol–water partition coefficient (Wildman–Crippen LogP) is 5.64. The standard InChI is InChI=1S/C25H21N3O/c26-18-21(25-27-23-10-4-5-11-24(23)28-25)17-20-12-14-22(15-13-20)29-16-6-9-19-7-2-1-3-8-19/h1-5,7-8,10-15,17H,6,9,16H2,(H,27,28)/b21-17-. The van der Waals surface area contributed by atoms with Crippen LogP contribution in [0.3, 0.4) is 0 Å². The number of allylic oxidation sites excluding steroid dienone is 1. The zero-order valence-electron chi connectivity index (χ0n) is 16.0. The molecule has 0 fully saturated rings. The molecule has 0 saturated heterocycles. The number of aromatic nitrogens is 2. The van der Waals surface area contributed by atoms with Gasteiger partial charge in [-0.15, -0.1) is 0 Å². The van der Waals surface area contributed by atoms with E-state index < -0.39 is 0 Å². The van der Waals surface area contributed by atoms with E-state index in [2.05, 4.69) is 40.3 Å². The first kappa shape index (κ1) is 18.5. The molecular weight excluding hydrogens is 358 g/mol. The second kappa shape index (κ2) is 8.90. The molecule has 4 aromatic rings. The van der Waals surface area contributed by atoms with Crippen LogP contribution in [0.4, 0.5) is 0 Å². The van der Waals surface area contributed by atoms with Gasteiger partial charge >= 0.3 is 0 Å². The Labute approximate surface area is 170 Å². The lowest BCUT2D eigenvalue weighted by molar-refractivity contribution is 0.311. The van der Waals surface area contributed by atoms with Crippen molar-refractivity contribution in [2.75, 3.05) is 6.61 Å². The van der Waals surface area contributed by atoms with Gasteiger partial charge in [0.25, 0.3) is 0 Å². The van der Waals surface area contributed by atoms with Crippen molar-refractivity contribution in [3.05, 3.63) is 95.8 Å². The van der Waals surface area contributed by atoms with Crippen molar-refractivity contribution in [1.29, 1.82) is 5.26 Å². The number of nitriles is 1. The third-order valence-corrected chi connectivity index (χ3v) is 4.68. The SMILES string of the molecule is N#C/C(=C/c1ccc(OCCCc2ccccc2)cc1)c1nc2ccccc2[nH]1. The van der Waals surface area contributed by atoms with Crippen LogP contribution >= 0.6 is 0 Å². The van der Waals surface area contributed by atoms with E-state index in [0.29, 0.717) is 18.0 Å². The average Bonchev–Trinajstić information content (AvgIpc) is 3.21. The van der Waals surface area contributed by atoms with Gasteiger partial charge < -0.3 is 9.72 Å². The number of H-pyrrole nitrogens is 1. The average molecular weight is 379 g/mol. The molecule has 4 rings (SSSR count). The van der Waals surface area contributed by atoms with E-state index in [-0.39, 0.29) is 0 Å². The first-order valence-electron chi connectivity index (χ1n) is 9.65. The molecular formula is C25H21N3O. The number of benzene rings is 3. The van der Waals surface area contributed by atoms with Crippen molar-refractivity contribution in [3.8, 4) is 11.8 Å². The monoisotopic (exact) mass is 379 g/mol. The Morgan fingerprint density at radius 3 is 2.48 bits per heavy atom. The number of nitrogens with one attached hydrogen (secondary N) is 1. The summed E-state index contributed by atoms with van der Waals surface area (Å²) in [5.74, 6) is 1.41. The van der Waals surface area contributed by atoms with Gasteiger partial charge in [-0.05, 0) is 54.3 Å². The lowest BCUT2D eigenvalue weighted by Gasteiger charge is -2.06. The molecule has 0 atom stereocenters. The Morgan fingerprint density at radius 2 is 1.72 bits per heavy atom. The topological polar surface area (TPSA) is 61.7 Å². The quantitative estimate of drug-likeness (QED) is 0.334. The Hall–Kier alpha value is -3.84. The molecule has 1 N–H and O–H groups in total. The van der Waals surface area contributed by atoms with Crippen LogP contribution in [0.15, 0.2) is 78.9 Å². The maximum atomic E-state index is 9.55. The highest BCUT2D eigenvalue weighted by molar-refractivity contribution is 5.90. The van der Waals surface area contributed by atoms with E-state index >= 15 is 0 Å². The third-order valence-electron chi connectivity index (χ3n) is 4.68. The molecule has 0 bridgehead atoms. The predicted molar refractivity (Wildman–Crippen MR) is 116 cm³/mol. The van der Waals surface area contributed by atoms with Crippen molar-refractivity contribution in [3.63, 3.8) is 0 Å². The molecule has 142 valence electrons. The molecule has 3 aromatic carbocycles. The van der Waals surface area contributed by atoms with E-state index in [4.69, 9.17) is 4.74 Å². The molecule has 0 aliphatic carbocycles. The largest absolute Gasteiger partial charge is 0.494 e. The summed E-state index contributed by atoms with van der Waals surface area (Å²) in [5, 5.41) is 9.55. The van der Waals surface area contributed by atoms with Gasteiger partial charge in [-0.25, -0.2) is 4.98 Å². The Bertz CT molecular complexity index is 1120. The molecule has 0 aliphatic rings. The second-order valence-electron chi connectivity index (χ2n) is 6.78. The summed E-state index contributed by atoms with van der Waals surface area (Å²) in [6.45, 7) is 0.673. The van der Waals surface area contributed by atoms with Crippen molar-refractivity contribution < 1.29 is 4.74 Å². The highest BCUT2D eigenvalue weighted by atomic mass is 16.5. The first-order chi connectivity index (χ1) is 14.3. The van der Waals surface area contributed by atoms with Crippen LogP contribution in [0.5, 0.6) is 5.75 Å². The number of fused-ring (bicyclic) bond motifs is 1. The summed E-state index contributed by atoms with van der Waals surface area (Å²) >= 11 is 0. The molecule has 1 aromatic heterocycles. The summed E-state index contributed by atoms with van der Waals surface area (Å²) in [6.07, 6.45) is 3.80. The number of hydrogen-bond acceptors (Lipinski definition) is 3. The van der Waals surface area contributed by atoms with Gasteiger partial charge in [0.2, 0.25) is 0 Å². The zero-order valence-corrected chi connectivity index (χ0v) is 16.0.